The quantitative estimate of drug-likeness (QED) is 0.633. The lowest BCUT2D eigenvalue weighted by atomic mass is 10.1. The monoisotopic (exact) mass is 471 g/mol. The molecular formula is C25H33N3O4S. The normalized spacial score (nSPS) is 13.5. The molecule has 0 bridgehead atoms. The summed E-state index contributed by atoms with van der Waals surface area (Å²) in [5, 5.41) is 2.83. The van der Waals surface area contributed by atoms with Gasteiger partial charge in [0.15, 0.2) is 0 Å². The van der Waals surface area contributed by atoms with E-state index in [1.54, 1.807) is 29.2 Å². The number of fused-ring (bicyclic) bond motifs is 1. The van der Waals surface area contributed by atoms with E-state index >= 15 is 0 Å². The number of rotatable bonds is 8. The Morgan fingerprint density at radius 2 is 1.82 bits per heavy atom. The Hall–Kier alpha value is -2.71. The van der Waals surface area contributed by atoms with Gasteiger partial charge in [-0.25, -0.2) is 8.42 Å². The second kappa shape index (κ2) is 10.1. The summed E-state index contributed by atoms with van der Waals surface area (Å²) in [6.45, 7) is 10.0. The van der Waals surface area contributed by atoms with Gasteiger partial charge in [0.1, 0.15) is 0 Å². The number of sulfonamides is 1. The number of carbonyl (C=O) groups excluding carboxylic acids is 2. The molecule has 1 aliphatic rings. The van der Waals surface area contributed by atoms with E-state index < -0.39 is 15.9 Å². The van der Waals surface area contributed by atoms with Crippen LogP contribution in [-0.4, -0.2) is 44.2 Å². The topological polar surface area (TPSA) is 86.8 Å². The van der Waals surface area contributed by atoms with Crippen LogP contribution in [0, 0.1) is 19.8 Å². The lowest BCUT2D eigenvalue weighted by Crippen LogP contribution is -2.39. The van der Waals surface area contributed by atoms with Gasteiger partial charge in [-0.1, -0.05) is 19.9 Å². The van der Waals surface area contributed by atoms with Crippen molar-refractivity contribution >= 4 is 33.2 Å². The van der Waals surface area contributed by atoms with E-state index in [-0.39, 0.29) is 23.9 Å². The van der Waals surface area contributed by atoms with Crippen LogP contribution in [0.15, 0.2) is 41.3 Å². The minimum atomic E-state index is -3.82. The molecular weight excluding hydrogens is 438 g/mol. The number of anilines is 2. The van der Waals surface area contributed by atoms with Crippen molar-refractivity contribution in [2.45, 2.75) is 52.4 Å². The predicted molar refractivity (Wildman–Crippen MR) is 131 cm³/mol. The van der Waals surface area contributed by atoms with Crippen LogP contribution >= 0.6 is 0 Å². The van der Waals surface area contributed by atoms with Gasteiger partial charge >= 0.3 is 0 Å². The minimum absolute atomic E-state index is 0.0112. The van der Waals surface area contributed by atoms with E-state index in [4.69, 9.17) is 0 Å². The minimum Gasteiger partial charge on any atom is -0.325 e. The maximum Gasteiger partial charge on any atom is 0.243 e. The number of carbonyl (C=O) groups is 2. The Morgan fingerprint density at radius 3 is 2.45 bits per heavy atom. The predicted octanol–water partition coefficient (Wildman–Crippen LogP) is 3.89. The van der Waals surface area contributed by atoms with Gasteiger partial charge in [-0.3, -0.25) is 9.59 Å². The molecule has 178 valence electrons. The van der Waals surface area contributed by atoms with Crippen molar-refractivity contribution in [1.29, 1.82) is 0 Å². The van der Waals surface area contributed by atoms with Crippen LogP contribution in [0.4, 0.5) is 11.4 Å². The summed E-state index contributed by atoms with van der Waals surface area (Å²) in [4.78, 5) is 26.5. The standard InChI is InChI=1S/C25H33N3O4S/c1-17(2)10-12-27(33(31,32)23-8-6-18(3)19(4)14-23)16-25(30)26-22-7-9-24-21(15-22)11-13-28(24)20(5)29/h6-9,14-15,17H,10-13,16H2,1-5H3,(H,26,30). The van der Waals surface area contributed by atoms with Crippen molar-refractivity contribution in [3.05, 3.63) is 53.1 Å². The Morgan fingerprint density at radius 1 is 1.09 bits per heavy atom. The highest BCUT2D eigenvalue weighted by atomic mass is 32.2. The van der Waals surface area contributed by atoms with E-state index in [2.05, 4.69) is 5.32 Å². The smallest absolute Gasteiger partial charge is 0.243 e. The highest BCUT2D eigenvalue weighted by molar-refractivity contribution is 7.89. The van der Waals surface area contributed by atoms with Crippen LogP contribution in [0.2, 0.25) is 0 Å². The molecule has 0 aromatic heterocycles. The molecule has 1 heterocycles. The molecule has 0 saturated heterocycles. The molecule has 8 heteroatoms. The second-order valence-corrected chi connectivity index (χ2v) is 11.0. The van der Waals surface area contributed by atoms with Crippen molar-refractivity contribution in [3.63, 3.8) is 0 Å². The summed E-state index contributed by atoms with van der Waals surface area (Å²) >= 11 is 0. The van der Waals surface area contributed by atoms with Crippen LogP contribution in [0.1, 0.15) is 43.9 Å². The van der Waals surface area contributed by atoms with E-state index in [1.165, 1.54) is 11.2 Å². The number of nitrogens with zero attached hydrogens (tertiary/aromatic N) is 2. The number of hydrogen-bond donors (Lipinski definition) is 1. The van der Waals surface area contributed by atoms with Gasteiger partial charge < -0.3 is 10.2 Å². The number of hydrogen-bond acceptors (Lipinski definition) is 4. The van der Waals surface area contributed by atoms with E-state index in [1.807, 2.05) is 39.8 Å². The largest absolute Gasteiger partial charge is 0.325 e. The molecule has 0 unspecified atom stereocenters. The van der Waals surface area contributed by atoms with Gasteiger partial charge in [0.05, 0.1) is 11.4 Å². The first kappa shape index (κ1) is 24.9. The zero-order valence-electron chi connectivity index (χ0n) is 20.0. The van der Waals surface area contributed by atoms with Crippen LogP contribution < -0.4 is 10.2 Å². The van der Waals surface area contributed by atoms with Crippen molar-refractivity contribution in [2.75, 3.05) is 29.9 Å². The van der Waals surface area contributed by atoms with Gasteiger partial charge in [-0.15, -0.1) is 0 Å². The van der Waals surface area contributed by atoms with Gasteiger partial charge in [0.25, 0.3) is 0 Å². The summed E-state index contributed by atoms with van der Waals surface area (Å²) in [5.74, 6) is -0.109. The molecule has 2 amide bonds. The summed E-state index contributed by atoms with van der Waals surface area (Å²) in [6, 6.07) is 10.5. The highest BCUT2D eigenvalue weighted by Gasteiger charge is 2.28. The van der Waals surface area contributed by atoms with Gasteiger partial charge in [0.2, 0.25) is 21.8 Å². The number of amides is 2. The SMILES string of the molecule is CC(=O)N1CCc2cc(NC(=O)CN(CCC(C)C)S(=O)(=O)c3ccc(C)c(C)c3)ccc21. The maximum absolute atomic E-state index is 13.4. The zero-order valence-corrected chi connectivity index (χ0v) is 20.8. The van der Waals surface area contributed by atoms with Gasteiger partial charge in [-0.2, -0.15) is 4.31 Å². The lowest BCUT2D eigenvalue weighted by molar-refractivity contribution is -0.117. The molecule has 2 aromatic carbocycles. The van der Waals surface area contributed by atoms with Crippen molar-refractivity contribution in [1.82, 2.24) is 4.31 Å². The fourth-order valence-electron chi connectivity index (χ4n) is 3.88. The van der Waals surface area contributed by atoms with Crippen LogP contribution in [0.5, 0.6) is 0 Å². The van der Waals surface area contributed by atoms with Gasteiger partial charge in [0, 0.05) is 31.4 Å². The molecule has 7 nitrogen and oxygen atoms in total. The number of nitrogens with one attached hydrogen (secondary N) is 1. The summed E-state index contributed by atoms with van der Waals surface area (Å²) in [6.07, 6.45) is 1.37. The Bertz CT molecular complexity index is 1160. The molecule has 0 aliphatic carbocycles. The molecule has 2 aromatic rings. The molecule has 0 atom stereocenters. The number of aryl methyl sites for hydroxylation is 2. The highest BCUT2D eigenvalue weighted by Crippen LogP contribution is 2.30. The summed E-state index contributed by atoms with van der Waals surface area (Å²) in [5.41, 5.74) is 4.35. The first-order valence-electron chi connectivity index (χ1n) is 11.3. The second-order valence-electron chi connectivity index (χ2n) is 9.08. The first-order valence-corrected chi connectivity index (χ1v) is 12.7. The van der Waals surface area contributed by atoms with Gasteiger partial charge in [-0.05, 0) is 79.6 Å². The molecule has 1 aliphatic heterocycles. The molecule has 0 fully saturated rings. The first-order chi connectivity index (χ1) is 15.5. The Kier molecular flexibility index (Phi) is 7.59. The third-order valence-electron chi connectivity index (χ3n) is 6.03. The van der Waals surface area contributed by atoms with Crippen molar-refractivity contribution in [3.8, 4) is 0 Å². The van der Waals surface area contributed by atoms with Crippen LogP contribution in [-0.2, 0) is 26.0 Å². The third-order valence-corrected chi connectivity index (χ3v) is 7.87. The zero-order chi connectivity index (χ0) is 24.3. The van der Waals surface area contributed by atoms with E-state index in [0.29, 0.717) is 24.6 Å². The van der Waals surface area contributed by atoms with Crippen LogP contribution in [0.25, 0.3) is 0 Å². The maximum atomic E-state index is 13.4. The summed E-state index contributed by atoms with van der Waals surface area (Å²) in [7, 11) is -3.82. The molecule has 0 radical (unpaired) electrons. The Balaban J connectivity index is 1.78. The molecule has 33 heavy (non-hydrogen) atoms. The molecule has 3 rings (SSSR count). The third kappa shape index (κ3) is 5.81. The van der Waals surface area contributed by atoms with E-state index in [9.17, 15) is 18.0 Å². The van der Waals surface area contributed by atoms with Crippen molar-refractivity contribution in [2.24, 2.45) is 5.92 Å². The van der Waals surface area contributed by atoms with Crippen molar-refractivity contribution < 1.29 is 18.0 Å². The molecule has 1 N–H and O–H groups in total. The average molecular weight is 472 g/mol. The lowest BCUT2D eigenvalue weighted by Gasteiger charge is -2.23. The molecule has 0 spiro atoms. The van der Waals surface area contributed by atoms with Crippen LogP contribution in [0.3, 0.4) is 0 Å². The van der Waals surface area contributed by atoms with E-state index in [0.717, 1.165) is 28.8 Å². The fourth-order valence-corrected chi connectivity index (χ4v) is 5.37. The fraction of sp³-hybridized carbons (Fsp3) is 0.440. The summed E-state index contributed by atoms with van der Waals surface area (Å²) < 4.78 is 28.0. The molecule has 0 saturated carbocycles. The average Bonchev–Trinajstić information content (AvgIpc) is 3.16. The Labute approximate surface area is 196 Å². The number of benzene rings is 2.